The quantitative estimate of drug-likeness (QED) is 0.489. The Morgan fingerprint density at radius 2 is 1.84 bits per heavy atom. The first kappa shape index (κ1) is 23.4. The molecule has 2 amide bonds. The van der Waals surface area contributed by atoms with Crippen LogP contribution >= 0.6 is 22.6 Å². The first-order valence-electron chi connectivity index (χ1n) is 10.6. The van der Waals surface area contributed by atoms with Gasteiger partial charge in [-0.2, -0.15) is 0 Å². The summed E-state index contributed by atoms with van der Waals surface area (Å²) >= 11 is 2.22. The van der Waals surface area contributed by atoms with Crippen LogP contribution in [0, 0.1) is 3.57 Å². The van der Waals surface area contributed by atoms with E-state index >= 15 is 0 Å². The van der Waals surface area contributed by atoms with Gasteiger partial charge in [0, 0.05) is 16.2 Å². The zero-order chi connectivity index (χ0) is 22.2. The maximum absolute atomic E-state index is 13.1. The summed E-state index contributed by atoms with van der Waals surface area (Å²) in [5.74, 6) is 0.967. The van der Waals surface area contributed by atoms with E-state index in [-0.39, 0.29) is 24.5 Å². The molecule has 1 aliphatic rings. The number of nitrogens with one attached hydrogen (secondary N) is 1. The molecule has 1 saturated carbocycles. The van der Waals surface area contributed by atoms with Crippen molar-refractivity contribution in [1.82, 2.24) is 10.2 Å². The third-order valence-electron chi connectivity index (χ3n) is 5.53. The van der Waals surface area contributed by atoms with Gasteiger partial charge in [0.05, 0.1) is 7.11 Å². The van der Waals surface area contributed by atoms with E-state index in [2.05, 4.69) is 27.9 Å². The highest BCUT2D eigenvalue weighted by Crippen LogP contribution is 2.20. The van der Waals surface area contributed by atoms with Crippen LogP contribution in [0.1, 0.15) is 38.2 Å². The molecule has 0 aliphatic heterocycles. The number of benzene rings is 2. The summed E-state index contributed by atoms with van der Waals surface area (Å²) < 4.78 is 12.1. The molecule has 7 heteroatoms. The summed E-state index contributed by atoms with van der Waals surface area (Å²) in [5, 5.41) is 3.10. The molecule has 0 unspecified atom stereocenters. The summed E-state index contributed by atoms with van der Waals surface area (Å²) in [5.41, 5.74) is 0.891. The molecule has 166 valence electrons. The second-order valence-electron chi connectivity index (χ2n) is 7.78. The Balaban J connectivity index is 1.72. The molecule has 0 heterocycles. The lowest BCUT2D eigenvalue weighted by Gasteiger charge is -2.29. The molecule has 1 aliphatic carbocycles. The highest BCUT2D eigenvalue weighted by Gasteiger charge is 2.28. The zero-order valence-corrected chi connectivity index (χ0v) is 20.1. The van der Waals surface area contributed by atoms with Gasteiger partial charge >= 0.3 is 0 Å². The van der Waals surface area contributed by atoms with Crippen LogP contribution in [0.4, 0.5) is 0 Å². The molecular formula is C24H29IN2O4. The van der Waals surface area contributed by atoms with Crippen molar-refractivity contribution in [3.05, 3.63) is 57.7 Å². The monoisotopic (exact) mass is 536 g/mol. The van der Waals surface area contributed by atoms with Crippen LogP contribution in [0.25, 0.3) is 0 Å². The van der Waals surface area contributed by atoms with Gasteiger partial charge in [-0.3, -0.25) is 9.59 Å². The number of amides is 2. The smallest absolute Gasteiger partial charge is 0.261 e. The van der Waals surface area contributed by atoms with Crippen molar-refractivity contribution in [2.75, 3.05) is 13.7 Å². The average molecular weight is 536 g/mol. The van der Waals surface area contributed by atoms with Gasteiger partial charge < -0.3 is 19.7 Å². The number of ether oxygens (including phenoxy) is 2. The number of carbonyl (C=O) groups is 2. The van der Waals surface area contributed by atoms with Crippen LogP contribution in [0.2, 0.25) is 0 Å². The molecule has 3 rings (SSSR count). The summed E-state index contributed by atoms with van der Waals surface area (Å²) in [6.07, 6.45) is 4.27. The minimum Gasteiger partial charge on any atom is -0.497 e. The van der Waals surface area contributed by atoms with E-state index in [4.69, 9.17) is 9.47 Å². The molecule has 1 N–H and O–H groups in total. The van der Waals surface area contributed by atoms with Crippen molar-refractivity contribution in [1.29, 1.82) is 0 Å². The molecule has 6 nitrogen and oxygen atoms in total. The lowest BCUT2D eigenvalue weighted by atomic mass is 10.1. The van der Waals surface area contributed by atoms with Gasteiger partial charge in [0.15, 0.2) is 6.61 Å². The molecular weight excluding hydrogens is 507 g/mol. The van der Waals surface area contributed by atoms with Crippen molar-refractivity contribution < 1.29 is 19.1 Å². The fourth-order valence-corrected chi connectivity index (χ4v) is 4.06. The lowest BCUT2D eigenvalue weighted by Crippen LogP contribution is -2.50. The Morgan fingerprint density at radius 1 is 1.13 bits per heavy atom. The Kier molecular flexibility index (Phi) is 8.57. The van der Waals surface area contributed by atoms with Crippen molar-refractivity contribution in [2.45, 2.75) is 51.2 Å². The average Bonchev–Trinajstić information content (AvgIpc) is 3.29. The number of nitrogens with zero attached hydrogens (tertiary/aromatic N) is 1. The van der Waals surface area contributed by atoms with Crippen molar-refractivity contribution in [2.24, 2.45) is 0 Å². The third-order valence-corrected chi connectivity index (χ3v) is 6.25. The standard InChI is InChI=1S/C24H29IN2O4/c1-17(24(29)26-20-7-3-4-8-20)27(15-18-6-5-9-22(14-18)30-2)23(28)16-31-21-12-10-19(25)11-13-21/h5-6,9-14,17,20H,3-4,7-8,15-16H2,1-2H3,(H,26,29)/t17-/m0/s1. The van der Waals surface area contributed by atoms with Crippen molar-refractivity contribution >= 4 is 34.4 Å². The highest BCUT2D eigenvalue weighted by molar-refractivity contribution is 14.1. The summed E-state index contributed by atoms with van der Waals surface area (Å²) in [7, 11) is 1.61. The predicted octanol–water partition coefficient (Wildman–Crippen LogP) is 4.15. The Morgan fingerprint density at radius 3 is 2.52 bits per heavy atom. The van der Waals surface area contributed by atoms with Gasteiger partial charge in [-0.25, -0.2) is 0 Å². The minimum absolute atomic E-state index is 0.127. The highest BCUT2D eigenvalue weighted by atomic mass is 127. The topological polar surface area (TPSA) is 67.9 Å². The van der Waals surface area contributed by atoms with Crippen LogP contribution in [-0.4, -0.2) is 42.5 Å². The number of hydrogen-bond acceptors (Lipinski definition) is 4. The number of methoxy groups -OCH3 is 1. The summed E-state index contributed by atoms with van der Waals surface area (Å²) in [6.45, 7) is 1.93. The molecule has 0 bridgehead atoms. The second-order valence-corrected chi connectivity index (χ2v) is 9.03. The molecule has 2 aromatic rings. The normalized spacial score (nSPS) is 14.7. The minimum atomic E-state index is -0.611. The summed E-state index contributed by atoms with van der Waals surface area (Å²) in [4.78, 5) is 27.6. The lowest BCUT2D eigenvalue weighted by molar-refractivity contribution is -0.142. The van der Waals surface area contributed by atoms with Gasteiger partial charge in [0.1, 0.15) is 17.5 Å². The Hall–Kier alpha value is -2.29. The van der Waals surface area contributed by atoms with E-state index in [0.29, 0.717) is 18.0 Å². The Bertz CT molecular complexity index is 881. The second kappa shape index (κ2) is 11.4. The molecule has 2 aromatic carbocycles. The van der Waals surface area contributed by atoms with E-state index in [9.17, 15) is 9.59 Å². The maximum atomic E-state index is 13.1. The number of rotatable bonds is 9. The van der Waals surface area contributed by atoms with E-state index in [1.807, 2.05) is 48.5 Å². The first-order valence-corrected chi connectivity index (χ1v) is 11.7. The van der Waals surface area contributed by atoms with E-state index in [1.165, 1.54) is 0 Å². The summed E-state index contributed by atoms with van der Waals surface area (Å²) in [6, 6.07) is 14.6. The molecule has 0 saturated heterocycles. The fraction of sp³-hybridized carbons (Fsp3) is 0.417. The molecule has 0 spiro atoms. The van der Waals surface area contributed by atoms with Gasteiger partial charge in [-0.05, 0) is 84.3 Å². The van der Waals surface area contributed by atoms with Crippen molar-refractivity contribution in [3.63, 3.8) is 0 Å². The molecule has 0 radical (unpaired) electrons. The largest absolute Gasteiger partial charge is 0.497 e. The van der Waals surface area contributed by atoms with Crippen molar-refractivity contribution in [3.8, 4) is 11.5 Å². The number of hydrogen-bond donors (Lipinski definition) is 1. The van der Waals surface area contributed by atoms with Gasteiger partial charge in [0.25, 0.3) is 5.91 Å². The van der Waals surface area contributed by atoms with E-state index in [1.54, 1.807) is 18.9 Å². The predicted molar refractivity (Wildman–Crippen MR) is 128 cm³/mol. The first-order chi connectivity index (χ1) is 15.0. The molecule has 0 aromatic heterocycles. The van der Waals surface area contributed by atoms with Crippen LogP contribution in [0.5, 0.6) is 11.5 Å². The number of halogens is 1. The molecule has 1 fully saturated rings. The molecule has 31 heavy (non-hydrogen) atoms. The Labute approximate surface area is 197 Å². The van der Waals surface area contributed by atoms with E-state index < -0.39 is 6.04 Å². The van der Waals surface area contributed by atoms with Gasteiger partial charge in [-0.15, -0.1) is 0 Å². The van der Waals surface area contributed by atoms with Gasteiger partial charge in [0.2, 0.25) is 5.91 Å². The van der Waals surface area contributed by atoms with Crippen LogP contribution < -0.4 is 14.8 Å². The number of carbonyl (C=O) groups excluding carboxylic acids is 2. The maximum Gasteiger partial charge on any atom is 0.261 e. The van der Waals surface area contributed by atoms with E-state index in [0.717, 1.165) is 34.8 Å². The van der Waals surface area contributed by atoms with Crippen LogP contribution in [0.3, 0.4) is 0 Å². The van der Waals surface area contributed by atoms with Gasteiger partial charge in [-0.1, -0.05) is 25.0 Å². The van der Waals surface area contributed by atoms with Crippen LogP contribution in [-0.2, 0) is 16.1 Å². The van der Waals surface area contributed by atoms with Crippen LogP contribution in [0.15, 0.2) is 48.5 Å². The molecule has 1 atom stereocenters. The fourth-order valence-electron chi connectivity index (χ4n) is 3.70. The third kappa shape index (κ3) is 6.85. The SMILES string of the molecule is COc1cccc(CN(C(=O)COc2ccc(I)cc2)[C@@H](C)C(=O)NC2CCCC2)c1. The zero-order valence-electron chi connectivity index (χ0n) is 18.0.